The topological polar surface area (TPSA) is 30.5 Å². The van der Waals surface area contributed by atoms with Crippen molar-refractivity contribution in [1.29, 1.82) is 0 Å². The van der Waals surface area contributed by atoms with Crippen LogP contribution in [0.15, 0.2) is 22.7 Å². The van der Waals surface area contributed by atoms with Crippen molar-refractivity contribution < 1.29 is 9.47 Å². The van der Waals surface area contributed by atoms with Crippen LogP contribution in [0.1, 0.15) is 32.8 Å². The molecule has 0 aliphatic heterocycles. The molecule has 0 aliphatic rings. The van der Waals surface area contributed by atoms with Crippen LogP contribution in [0, 0.1) is 0 Å². The molecule has 0 spiro atoms. The minimum atomic E-state index is 0.193. The van der Waals surface area contributed by atoms with Gasteiger partial charge < -0.3 is 14.8 Å². The molecule has 1 N–H and O–H groups in total. The summed E-state index contributed by atoms with van der Waals surface area (Å²) in [7, 11) is 0. The van der Waals surface area contributed by atoms with Gasteiger partial charge in [0.15, 0.2) is 0 Å². The standard InChI is InChI=1S/C15H24BrNO2/c1-4-18-9-5-8-17-11-13-6-7-15(14(16)10-13)19-12(2)3/h6-7,10,12,17H,4-5,8-9,11H2,1-3H3. The molecule has 0 aromatic heterocycles. The zero-order valence-corrected chi connectivity index (χ0v) is 13.6. The molecule has 1 rings (SSSR count). The largest absolute Gasteiger partial charge is 0.490 e. The molecular formula is C15H24BrNO2. The Morgan fingerprint density at radius 3 is 2.74 bits per heavy atom. The van der Waals surface area contributed by atoms with Gasteiger partial charge in [0.2, 0.25) is 0 Å². The number of benzene rings is 1. The predicted octanol–water partition coefficient (Wildman–Crippen LogP) is 3.75. The lowest BCUT2D eigenvalue weighted by atomic mass is 10.2. The van der Waals surface area contributed by atoms with Crippen molar-refractivity contribution in [1.82, 2.24) is 5.32 Å². The van der Waals surface area contributed by atoms with E-state index in [1.807, 2.05) is 26.8 Å². The SMILES string of the molecule is CCOCCCNCc1ccc(OC(C)C)c(Br)c1. The van der Waals surface area contributed by atoms with Gasteiger partial charge in [0.25, 0.3) is 0 Å². The Labute approximate surface area is 124 Å². The third-order valence-electron chi connectivity index (χ3n) is 2.53. The lowest BCUT2D eigenvalue weighted by Gasteiger charge is -2.12. The van der Waals surface area contributed by atoms with Crippen molar-refractivity contribution in [3.8, 4) is 5.75 Å². The Kier molecular flexibility index (Phi) is 8.10. The maximum absolute atomic E-state index is 5.69. The van der Waals surface area contributed by atoms with Crippen LogP contribution in [0.4, 0.5) is 0 Å². The summed E-state index contributed by atoms with van der Waals surface area (Å²) >= 11 is 3.55. The molecule has 0 saturated carbocycles. The van der Waals surface area contributed by atoms with Gasteiger partial charge in [-0.3, -0.25) is 0 Å². The minimum Gasteiger partial charge on any atom is -0.490 e. The number of rotatable bonds is 9. The van der Waals surface area contributed by atoms with E-state index in [2.05, 4.69) is 33.4 Å². The molecule has 0 atom stereocenters. The van der Waals surface area contributed by atoms with Crippen LogP contribution in [0.3, 0.4) is 0 Å². The highest BCUT2D eigenvalue weighted by atomic mass is 79.9. The average molecular weight is 330 g/mol. The van der Waals surface area contributed by atoms with E-state index >= 15 is 0 Å². The highest BCUT2D eigenvalue weighted by molar-refractivity contribution is 9.10. The Morgan fingerprint density at radius 2 is 2.11 bits per heavy atom. The summed E-state index contributed by atoms with van der Waals surface area (Å²) in [5, 5.41) is 3.41. The van der Waals surface area contributed by atoms with Crippen LogP contribution >= 0.6 is 15.9 Å². The quantitative estimate of drug-likeness (QED) is 0.700. The molecule has 1 aromatic carbocycles. The van der Waals surface area contributed by atoms with Crippen LogP contribution in [-0.2, 0) is 11.3 Å². The van der Waals surface area contributed by atoms with Gasteiger partial charge in [0, 0.05) is 19.8 Å². The van der Waals surface area contributed by atoms with Gasteiger partial charge in [-0.05, 0) is 67.4 Å². The van der Waals surface area contributed by atoms with Gasteiger partial charge in [-0.2, -0.15) is 0 Å². The fourth-order valence-corrected chi connectivity index (χ4v) is 2.20. The second-order valence-electron chi connectivity index (χ2n) is 4.66. The average Bonchev–Trinajstić information content (AvgIpc) is 2.36. The Bertz CT molecular complexity index is 369. The van der Waals surface area contributed by atoms with E-state index in [1.165, 1.54) is 5.56 Å². The van der Waals surface area contributed by atoms with E-state index in [-0.39, 0.29) is 6.10 Å². The number of hydrogen-bond donors (Lipinski definition) is 1. The van der Waals surface area contributed by atoms with Crippen molar-refractivity contribution in [3.05, 3.63) is 28.2 Å². The monoisotopic (exact) mass is 329 g/mol. The van der Waals surface area contributed by atoms with Crippen molar-refractivity contribution >= 4 is 15.9 Å². The Balaban J connectivity index is 2.33. The van der Waals surface area contributed by atoms with Gasteiger partial charge in [-0.1, -0.05) is 6.07 Å². The molecule has 0 unspecified atom stereocenters. The fraction of sp³-hybridized carbons (Fsp3) is 0.600. The molecule has 0 radical (unpaired) electrons. The van der Waals surface area contributed by atoms with Crippen LogP contribution in [0.25, 0.3) is 0 Å². The lowest BCUT2D eigenvalue weighted by Crippen LogP contribution is -2.16. The molecule has 19 heavy (non-hydrogen) atoms. The summed E-state index contributed by atoms with van der Waals surface area (Å²) in [4.78, 5) is 0. The first-order valence-electron chi connectivity index (χ1n) is 6.87. The maximum atomic E-state index is 5.69. The molecule has 0 fully saturated rings. The predicted molar refractivity (Wildman–Crippen MR) is 82.7 cm³/mol. The van der Waals surface area contributed by atoms with Crippen molar-refractivity contribution in [3.63, 3.8) is 0 Å². The van der Waals surface area contributed by atoms with Crippen LogP contribution < -0.4 is 10.1 Å². The zero-order valence-electron chi connectivity index (χ0n) is 12.0. The van der Waals surface area contributed by atoms with Crippen molar-refractivity contribution in [2.24, 2.45) is 0 Å². The zero-order chi connectivity index (χ0) is 14.1. The summed E-state index contributed by atoms with van der Waals surface area (Å²) in [6.45, 7) is 9.54. The fourth-order valence-electron chi connectivity index (χ4n) is 1.68. The van der Waals surface area contributed by atoms with E-state index < -0.39 is 0 Å². The van der Waals surface area contributed by atoms with E-state index in [1.54, 1.807) is 0 Å². The molecule has 1 aromatic rings. The smallest absolute Gasteiger partial charge is 0.133 e. The number of halogens is 1. The summed E-state index contributed by atoms with van der Waals surface area (Å²) in [6, 6.07) is 6.21. The highest BCUT2D eigenvalue weighted by Crippen LogP contribution is 2.26. The molecule has 0 aliphatic carbocycles. The molecule has 108 valence electrons. The summed E-state index contributed by atoms with van der Waals surface area (Å²) in [6.07, 6.45) is 1.24. The minimum absolute atomic E-state index is 0.193. The molecule has 0 heterocycles. The third kappa shape index (κ3) is 6.95. The Hall–Kier alpha value is -0.580. The van der Waals surface area contributed by atoms with E-state index in [9.17, 15) is 0 Å². The third-order valence-corrected chi connectivity index (χ3v) is 3.15. The van der Waals surface area contributed by atoms with Crippen LogP contribution in [0.5, 0.6) is 5.75 Å². The van der Waals surface area contributed by atoms with Crippen LogP contribution in [-0.4, -0.2) is 25.9 Å². The first kappa shape index (κ1) is 16.5. The van der Waals surface area contributed by atoms with Gasteiger partial charge in [0.1, 0.15) is 5.75 Å². The first-order chi connectivity index (χ1) is 9.13. The molecule has 4 heteroatoms. The van der Waals surface area contributed by atoms with Gasteiger partial charge in [0.05, 0.1) is 10.6 Å². The van der Waals surface area contributed by atoms with E-state index in [4.69, 9.17) is 9.47 Å². The number of hydrogen-bond acceptors (Lipinski definition) is 3. The van der Waals surface area contributed by atoms with E-state index in [0.29, 0.717) is 0 Å². The van der Waals surface area contributed by atoms with Crippen LogP contribution in [0.2, 0.25) is 0 Å². The highest BCUT2D eigenvalue weighted by Gasteiger charge is 2.04. The van der Waals surface area contributed by atoms with Crippen molar-refractivity contribution in [2.45, 2.75) is 39.8 Å². The summed E-state index contributed by atoms with van der Waals surface area (Å²) < 4.78 is 12.0. The molecule has 3 nitrogen and oxygen atoms in total. The Morgan fingerprint density at radius 1 is 1.32 bits per heavy atom. The molecule has 0 amide bonds. The molecular weight excluding hydrogens is 306 g/mol. The summed E-state index contributed by atoms with van der Waals surface area (Å²) in [5.74, 6) is 0.898. The normalized spacial score (nSPS) is 11.0. The van der Waals surface area contributed by atoms with E-state index in [0.717, 1.165) is 42.9 Å². The van der Waals surface area contributed by atoms with Crippen molar-refractivity contribution in [2.75, 3.05) is 19.8 Å². The summed E-state index contributed by atoms with van der Waals surface area (Å²) in [5.41, 5.74) is 1.25. The second-order valence-corrected chi connectivity index (χ2v) is 5.51. The second kappa shape index (κ2) is 9.34. The lowest BCUT2D eigenvalue weighted by molar-refractivity contribution is 0.144. The van der Waals surface area contributed by atoms with Gasteiger partial charge in [-0.25, -0.2) is 0 Å². The first-order valence-corrected chi connectivity index (χ1v) is 7.66. The number of ether oxygens (including phenoxy) is 2. The maximum Gasteiger partial charge on any atom is 0.133 e. The van der Waals surface area contributed by atoms with Gasteiger partial charge >= 0.3 is 0 Å². The molecule has 0 bridgehead atoms. The van der Waals surface area contributed by atoms with Gasteiger partial charge in [-0.15, -0.1) is 0 Å². The molecule has 0 saturated heterocycles. The number of nitrogens with one attached hydrogen (secondary N) is 1.